The first kappa shape index (κ1) is 11.9. The lowest BCUT2D eigenvalue weighted by Gasteiger charge is -2.20. The second kappa shape index (κ2) is 5.07. The maximum Gasteiger partial charge on any atom is 0.212 e. The fraction of sp³-hybridized carbons (Fsp3) is 0.545. The molecule has 0 aliphatic heterocycles. The number of hydrogen-bond acceptors (Lipinski definition) is 3. The number of nitrogens with zero attached hydrogens (tertiary/aromatic N) is 1. The van der Waals surface area contributed by atoms with Gasteiger partial charge in [0.2, 0.25) is 5.95 Å². The van der Waals surface area contributed by atoms with Crippen LogP contribution in [0.15, 0.2) is 18.3 Å². The predicted octanol–water partition coefficient (Wildman–Crippen LogP) is 2.02. The van der Waals surface area contributed by atoms with Crippen molar-refractivity contribution in [2.45, 2.75) is 26.3 Å². The van der Waals surface area contributed by atoms with Gasteiger partial charge in [-0.05, 0) is 32.9 Å². The van der Waals surface area contributed by atoms with Crippen LogP contribution in [-0.4, -0.2) is 23.6 Å². The molecule has 0 radical (unpaired) electrons. The van der Waals surface area contributed by atoms with E-state index in [2.05, 4.69) is 36.4 Å². The molecule has 4 heteroatoms. The highest BCUT2D eigenvalue weighted by molar-refractivity contribution is 5.39. The average molecular weight is 211 g/mol. The molecule has 1 aromatic rings. The number of hydrogen-bond donors (Lipinski definition) is 2. The van der Waals surface area contributed by atoms with Crippen molar-refractivity contribution in [2.24, 2.45) is 0 Å². The molecule has 0 aliphatic carbocycles. The van der Waals surface area contributed by atoms with E-state index in [-0.39, 0.29) is 5.54 Å². The van der Waals surface area contributed by atoms with Gasteiger partial charge in [-0.3, -0.25) is 0 Å². The highest BCUT2D eigenvalue weighted by Crippen LogP contribution is 2.04. The fourth-order valence-corrected chi connectivity index (χ4v) is 1.12. The average Bonchev–Trinajstić information content (AvgIpc) is 2.14. The minimum absolute atomic E-state index is 0.128. The van der Waals surface area contributed by atoms with Crippen LogP contribution in [0.3, 0.4) is 0 Å². The smallest absolute Gasteiger partial charge is 0.212 e. The van der Waals surface area contributed by atoms with Gasteiger partial charge in [0.25, 0.3) is 0 Å². The number of halogens is 1. The van der Waals surface area contributed by atoms with E-state index in [1.807, 2.05) is 0 Å². The van der Waals surface area contributed by atoms with Crippen LogP contribution < -0.4 is 10.6 Å². The first-order chi connectivity index (χ1) is 6.97. The van der Waals surface area contributed by atoms with Crippen LogP contribution in [0.1, 0.15) is 20.8 Å². The Labute approximate surface area is 90.1 Å². The Bertz CT molecular complexity index is 290. The van der Waals surface area contributed by atoms with Crippen LogP contribution in [0.4, 0.5) is 10.1 Å². The van der Waals surface area contributed by atoms with Crippen LogP contribution in [0.2, 0.25) is 0 Å². The Kier molecular flexibility index (Phi) is 4.03. The van der Waals surface area contributed by atoms with Gasteiger partial charge in [0.1, 0.15) is 0 Å². The van der Waals surface area contributed by atoms with Gasteiger partial charge >= 0.3 is 0 Å². The van der Waals surface area contributed by atoms with E-state index in [0.717, 1.165) is 18.8 Å². The summed E-state index contributed by atoms with van der Waals surface area (Å²) in [5, 5.41) is 6.50. The van der Waals surface area contributed by atoms with E-state index in [0.29, 0.717) is 0 Å². The molecule has 3 nitrogen and oxygen atoms in total. The van der Waals surface area contributed by atoms with Crippen molar-refractivity contribution in [3.63, 3.8) is 0 Å². The summed E-state index contributed by atoms with van der Waals surface area (Å²) in [4.78, 5) is 3.56. The first-order valence-electron chi connectivity index (χ1n) is 5.08. The fourth-order valence-electron chi connectivity index (χ4n) is 1.12. The minimum Gasteiger partial charge on any atom is -0.383 e. The third-order valence-corrected chi connectivity index (χ3v) is 1.84. The van der Waals surface area contributed by atoms with Crippen molar-refractivity contribution >= 4 is 5.69 Å². The molecule has 1 heterocycles. The number of pyridine rings is 1. The van der Waals surface area contributed by atoms with E-state index >= 15 is 0 Å². The normalized spacial score (nSPS) is 11.5. The quantitative estimate of drug-likeness (QED) is 0.591. The molecule has 0 aliphatic rings. The van der Waals surface area contributed by atoms with E-state index in [1.165, 1.54) is 12.3 Å². The summed E-state index contributed by atoms with van der Waals surface area (Å²) in [5.74, 6) is -0.451. The topological polar surface area (TPSA) is 37.0 Å². The van der Waals surface area contributed by atoms with Gasteiger partial charge in [-0.1, -0.05) is 0 Å². The Balaban J connectivity index is 2.23. The summed E-state index contributed by atoms with van der Waals surface area (Å²) in [5.41, 5.74) is 0.968. The van der Waals surface area contributed by atoms with Crippen LogP contribution in [-0.2, 0) is 0 Å². The number of nitrogens with one attached hydrogen (secondary N) is 2. The first-order valence-corrected chi connectivity index (χ1v) is 5.08. The lowest BCUT2D eigenvalue weighted by Crippen LogP contribution is -2.38. The zero-order chi connectivity index (χ0) is 11.3. The molecule has 15 heavy (non-hydrogen) atoms. The zero-order valence-electron chi connectivity index (χ0n) is 9.47. The van der Waals surface area contributed by atoms with E-state index in [4.69, 9.17) is 0 Å². The molecule has 1 aromatic heterocycles. The van der Waals surface area contributed by atoms with E-state index in [1.54, 1.807) is 6.07 Å². The summed E-state index contributed by atoms with van der Waals surface area (Å²) < 4.78 is 12.5. The van der Waals surface area contributed by atoms with E-state index in [9.17, 15) is 4.39 Å². The van der Waals surface area contributed by atoms with Gasteiger partial charge in [-0.2, -0.15) is 4.39 Å². The molecule has 0 spiro atoms. The second-order valence-corrected chi connectivity index (χ2v) is 4.47. The molecular weight excluding hydrogens is 193 g/mol. The maximum atomic E-state index is 12.5. The largest absolute Gasteiger partial charge is 0.383 e. The molecule has 0 unspecified atom stereocenters. The van der Waals surface area contributed by atoms with Crippen molar-refractivity contribution in [3.05, 3.63) is 24.3 Å². The number of anilines is 1. The Hall–Kier alpha value is -1.16. The van der Waals surface area contributed by atoms with Gasteiger partial charge in [-0.15, -0.1) is 0 Å². The molecule has 0 saturated heterocycles. The molecule has 0 amide bonds. The Morgan fingerprint density at radius 3 is 2.53 bits per heavy atom. The molecule has 1 rings (SSSR count). The zero-order valence-corrected chi connectivity index (χ0v) is 9.47. The molecule has 0 bridgehead atoms. The third kappa shape index (κ3) is 5.32. The molecule has 0 atom stereocenters. The second-order valence-electron chi connectivity index (χ2n) is 4.47. The Morgan fingerprint density at radius 2 is 2.00 bits per heavy atom. The third-order valence-electron chi connectivity index (χ3n) is 1.84. The molecule has 0 aromatic carbocycles. The van der Waals surface area contributed by atoms with Gasteiger partial charge in [0.15, 0.2) is 0 Å². The highest BCUT2D eigenvalue weighted by atomic mass is 19.1. The molecule has 84 valence electrons. The molecule has 0 saturated carbocycles. The van der Waals surface area contributed by atoms with Crippen LogP contribution in [0.25, 0.3) is 0 Å². The van der Waals surface area contributed by atoms with Gasteiger partial charge < -0.3 is 10.6 Å². The van der Waals surface area contributed by atoms with Crippen molar-refractivity contribution < 1.29 is 4.39 Å². The number of rotatable bonds is 4. The van der Waals surface area contributed by atoms with Crippen molar-refractivity contribution in [1.29, 1.82) is 0 Å². The maximum absolute atomic E-state index is 12.5. The van der Waals surface area contributed by atoms with Crippen molar-refractivity contribution in [3.8, 4) is 0 Å². The summed E-state index contributed by atoms with van der Waals surface area (Å²) in [6.45, 7) is 8.01. The van der Waals surface area contributed by atoms with Crippen LogP contribution >= 0.6 is 0 Å². The summed E-state index contributed by atoms with van der Waals surface area (Å²) >= 11 is 0. The highest BCUT2D eigenvalue weighted by Gasteiger charge is 2.06. The molecule has 2 N–H and O–H groups in total. The summed E-state index contributed by atoms with van der Waals surface area (Å²) in [6.07, 6.45) is 1.49. The van der Waals surface area contributed by atoms with E-state index < -0.39 is 5.95 Å². The molecule has 0 fully saturated rings. The lowest BCUT2D eigenvalue weighted by molar-refractivity contribution is 0.435. The van der Waals surface area contributed by atoms with Gasteiger partial charge in [-0.25, -0.2) is 4.98 Å². The van der Waals surface area contributed by atoms with Crippen molar-refractivity contribution in [2.75, 3.05) is 18.4 Å². The van der Waals surface area contributed by atoms with Gasteiger partial charge in [0.05, 0.1) is 11.9 Å². The Morgan fingerprint density at radius 1 is 1.27 bits per heavy atom. The van der Waals surface area contributed by atoms with Gasteiger partial charge in [0, 0.05) is 18.6 Å². The van der Waals surface area contributed by atoms with Crippen LogP contribution in [0.5, 0.6) is 0 Å². The lowest BCUT2D eigenvalue weighted by atomic mass is 10.1. The standard InChI is InChI=1S/C11H18FN3/c1-11(2,3)15-7-6-13-9-4-5-10(12)14-8-9/h4-5,8,13,15H,6-7H2,1-3H3. The summed E-state index contributed by atoms with van der Waals surface area (Å²) in [7, 11) is 0. The predicted molar refractivity (Wildman–Crippen MR) is 60.4 cm³/mol. The number of aromatic nitrogens is 1. The van der Waals surface area contributed by atoms with Crippen LogP contribution in [0, 0.1) is 5.95 Å². The molecular formula is C11H18FN3. The SMILES string of the molecule is CC(C)(C)NCCNc1ccc(F)nc1. The summed E-state index contributed by atoms with van der Waals surface area (Å²) in [6, 6.07) is 3.03. The monoisotopic (exact) mass is 211 g/mol. The minimum atomic E-state index is -0.451. The van der Waals surface area contributed by atoms with Crippen molar-refractivity contribution in [1.82, 2.24) is 10.3 Å².